The Morgan fingerprint density at radius 2 is 2.00 bits per heavy atom. The highest BCUT2D eigenvalue weighted by Crippen LogP contribution is 2.35. The van der Waals surface area contributed by atoms with Gasteiger partial charge in [-0.05, 0) is 61.8 Å². The molecular weight excluding hydrogens is 442 g/mol. The van der Waals surface area contributed by atoms with Crippen molar-refractivity contribution in [3.63, 3.8) is 0 Å². The molecule has 0 amide bonds. The number of rotatable bonds is 5. The monoisotopic (exact) mass is 461 g/mol. The van der Waals surface area contributed by atoms with Crippen LogP contribution in [0.3, 0.4) is 0 Å². The zero-order valence-electron chi connectivity index (χ0n) is 17.2. The molecule has 0 spiro atoms. The first-order chi connectivity index (χ1) is 15.7. The lowest BCUT2D eigenvalue weighted by Crippen LogP contribution is -2.18. The van der Waals surface area contributed by atoms with E-state index < -0.39 is 0 Å². The van der Waals surface area contributed by atoms with Crippen molar-refractivity contribution in [2.24, 2.45) is 0 Å². The molecule has 0 unspecified atom stereocenters. The van der Waals surface area contributed by atoms with Crippen molar-refractivity contribution in [2.75, 3.05) is 13.1 Å². The molecule has 5 aromatic rings. The molecule has 0 atom stereocenters. The molecule has 1 saturated heterocycles. The molecular formula is C23H20ClN7S. The maximum Gasteiger partial charge on any atom is 0.178 e. The predicted molar refractivity (Wildman–Crippen MR) is 128 cm³/mol. The predicted octanol–water partition coefficient (Wildman–Crippen LogP) is 5.39. The van der Waals surface area contributed by atoms with E-state index in [2.05, 4.69) is 41.1 Å². The molecule has 160 valence electrons. The maximum atomic E-state index is 6.14. The van der Waals surface area contributed by atoms with E-state index in [0.29, 0.717) is 11.5 Å². The Hall–Kier alpha value is -3.07. The number of nitrogens with one attached hydrogen (secondary N) is 2. The van der Waals surface area contributed by atoms with Gasteiger partial charge in [-0.1, -0.05) is 11.6 Å². The molecule has 9 heteroatoms. The Bertz CT molecular complexity index is 1400. The van der Waals surface area contributed by atoms with Gasteiger partial charge in [-0.25, -0.2) is 9.97 Å². The van der Waals surface area contributed by atoms with Crippen LogP contribution in [0.2, 0.25) is 4.34 Å². The fraction of sp³-hybridized carbons (Fsp3) is 0.217. The molecule has 1 fully saturated rings. The maximum absolute atomic E-state index is 6.14. The fourth-order valence-corrected chi connectivity index (χ4v) is 5.28. The van der Waals surface area contributed by atoms with Crippen molar-refractivity contribution in [3.05, 3.63) is 58.8 Å². The van der Waals surface area contributed by atoms with E-state index >= 15 is 0 Å². The van der Waals surface area contributed by atoms with Crippen LogP contribution in [-0.4, -0.2) is 48.1 Å². The third-order valence-corrected chi connectivity index (χ3v) is 7.02. The molecule has 0 saturated carbocycles. The highest BCUT2D eigenvalue weighted by atomic mass is 35.5. The zero-order chi connectivity index (χ0) is 21.5. The lowest BCUT2D eigenvalue weighted by molar-refractivity contribution is 0.331. The van der Waals surface area contributed by atoms with Crippen molar-refractivity contribution >= 4 is 34.1 Å². The van der Waals surface area contributed by atoms with E-state index in [9.17, 15) is 0 Å². The van der Waals surface area contributed by atoms with Gasteiger partial charge in [0.05, 0.1) is 15.5 Å². The van der Waals surface area contributed by atoms with Gasteiger partial charge < -0.3 is 4.98 Å². The van der Waals surface area contributed by atoms with Crippen molar-refractivity contribution in [1.82, 2.24) is 35.0 Å². The van der Waals surface area contributed by atoms with Gasteiger partial charge in [0.2, 0.25) is 0 Å². The SMILES string of the molecule is Clc1ccc(-c2ccnc3nc(-c4cc(-c5cncc(CN6CCCC6)c5)n[nH]4)[nH]c23)s1. The van der Waals surface area contributed by atoms with Crippen molar-refractivity contribution < 1.29 is 0 Å². The number of pyridine rings is 2. The summed E-state index contributed by atoms with van der Waals surface area (Å²) in [6, 6.07) is 10.1. The fourth-order valence-electron chi connectivity index (χ4n) is 4.21. The lowest BCUT2D eigenvalue weighted by atomic mass is 10.1. The number of hydrogen-bond donors (Lipinski definition) is 2. The smallest absolute Gasteiger partial charge is 0.178 e. The Balaban J connectivity index is 1.31. The Morgan fingerprint density at radius 1 is 1.09 bits per heavy atom. The van der Waals surface area contributed by atoms with E-state index in [1.165, 1.54) is 29.7 Å². The highest BCUT2D eigenvalue weighted by molar-refractivity contribution is 7.19. The third-order valence-electron chi connectivity index (χ3n) is 5.76. The summed E-state index contributed by atoms with van der Waals surface area (Å²) >= 11 is 7.67. The van der Waals surface area contributed by atoms with Gasteiger partial charge in [0, 0.05) is 41.1 Å². The van der Waals surface area contributed by atoms with E-state index in [1.54, 1.807) is 6.20 Å². The molecule has 6 rings (SSSR count). The number of imidazole rings is 1. The van der Waals surface area contributed by atoms with Gasteiger partial charge in [0.25, 0.3) is 0 Å². The van der Waals surface area contributed by atoms with Crippen molar-refractivity contribution in [2.45, 2.75) is 19.4 Å². The van der Waals surface area contributed by atoms with Gasteiger partial charge in [-0.2, -0.15) is 5.10 Å². The number of fused-ring (bicyclic) bond motifs is 1. The van der Waals surface area contributed by atoms with Crippen molar-refractivity contribution in [1.29, 1.82) is 0 Å². The highest BCUT2D eigenvalue weighted by Gasteiger charge is 2.16. The number of aromatic nitrogens is 6. The number of aromatic amines is 2. The van der Waals surface area contributed by atoms with Crippen LogP contribution in [-0.2, 0) is 6.54 Å². The van der Waals surface area contributed by atoms with Gasteiger partial charge in [-0.15, -0.1) is 11.3 Å². The Labute approximate surface area is 193 Å². The summed E-state index contributed by atoms with van der Waals surface area (Å²) < 4.78 is 0.753. The lowest BCUT2D eigenvalue weighted by Gasteiger charge is -2.14. The molecule has 0 aliphatic carbocycles. The average Bonchev–Trinajstić information content (AvgIpc) is 3.59. The molecule has 0 bridgehead atoms. The quantitative estimate of drug-likeness (QED) is 0.366. The first kappa shape index (κ1) is 19.6. The number of thiophene rings is 1. The van der Waals surface area contributed by atoms with Crippen LogP contribution in [0.25, 0.3) is 44.4 Å². The second-order valence-electron chi connectivity index (χ2n) is 7.98. The summed E-state index contributed by atoms with van der Waals surface area (Å²) in [5, 5.41) is 7.62. The van der Waals surface area contributed by atoms with Crippen LogP contribution in [0.15, 0.2) is 48.9 Å². The number of H-pyrrole nitrogens is 2. The van der Waals surface area contributed by atoms with Gasteiger partial charge >= 0.3 is 0 Å². The first-order valence-corrected chi connectivity index (χ1v) is 11.8. The van der Waals surface area contributed by atoms with Crippen LogP contribution < -0.4 is 0 Å². The van der Waals surface area contributed by atoms with E-state index in [0.717, 1.165) is 56.9 Å². The topological polar surface area (TPSA) is 86.4 Å². The van der Waals surface area contributed by atoms with Crippen LogP contribution in [0.5, 0.6) is 0 Å². The molecule has 32 heavy (non-hydrogen) atoms. The van der Waals surface area contributed by atoms with Crippen LogP contribution in [0, 0.1) is 0 Å². The van der Waals surface area contributed by atoms with Gasteiger partial charge in [0.15, 0.2) is 11.5 Å². The standard InChI is InChI=1S/C23H20ClN7S/c24-20-4-3-19(32-20)16-5-6-26-23-21(16)27-22(28-23)18-10-17(29-30-18)15-9-14(11-25-12-15)13-31-7-1-2-8-31/h3-6,9-12H,1-2,7-8,13H2,(H,29,30)(H,26,27,28). The molecule has 2 N–H and O–H groups in total. The average molecular weight is 462 g/mol. The first-order valence-electron chi connectivity index (χ1n) is 10.6. The summed E-state index contributed by atoms with van der Waals surface area (Å²) in [5.41, 5.74) is 6.42. The number of halogens is 1. The summed E-state index contributed by atoms with van der Waals surface area (Å²) in [7, 11) is 0. The third kappa shape index (κ3) is 3.70. The normalized spacial score (nSPS) is 14.5. The number of nitrogens with zero attached hydrogens (tertiary/aromatic N) is 5. The van der Waals surface area contributed by atoms with E-state index in [1.807, 2.05) is 36.7 Å². The summed E-state index contributed by atoms with van der Waals surface area (Å²) in [6.45, 7) is 3.26. The van der Waals surface area contributed by atoms with E-state index in [-0.39, 0.29) is 0 Å². The molecule has 1 aliphatic heterocycles. The minimum Gasteiger partial charge on any atom is -0.335 e. The summed E-state index contributed by atoms with van der Waals surface area (Å²) in [5.74, 6) is 0.697. The molecule has 6 heterocycles. The minimum atomic E-state index is 0.660. The summed E-state index contributed by atoms with van der Waals surface area (Å²) in [6.07, 6.45) is 8.13. The zero-order valence-corrected chi connectivity index (χ0v) is 18.7. The molecule has 5 aromatic heterocycles. The van der Waals surface area contributed by atoms with E-state index in [4.69, 9.17) is 11.6 Å². The minimum absolute atomic E-state index is 0.660. The van der Waals surface area contributed by atoms with Gasteiger partial charge in [-0.3, -0.25) is 15.0 Å². The van der Waals surface area contributed by atoms with Crippen molar-refractivity contribution in [3.8, 4) is 33.2 Å². The Morgan fingerprint density at radius 3 is 2.84 bits per heavy atom. The number of hydrogen-bond acceptors (Lipinski definition) is 6. The van der Waals surface area contributed by atoms with Crippen LogP contribution in [0.4, 0.5) is 0 Å². The molecule has 7 nitrogen and oxygen atoms in total. The molecule has 0 radical (unpaired) electrons. The van der Waals surface area contributed by atoms with Crippen LogP contribution >= 0.6 is 22.9 Å². The number of likely N-dealkylation sites (tertiary alicyclic amines) is 1. The molecule has 1 aliphatic rings. The second-order valence-corrected chi connectivity index (χ2v) is 9.69. The largest absolute Gasteiger partial charge is 0.335 e. The molecule has 0 aromatic carbocycles. The summed E-state index contributed by atoms with van der Waals surface area (Å²) in [4.78, 5) is 20.5. The second kappa shape index (κ2) is 8.12. The Kier molecular flexibility index (Phi) is 4.98. The van der Waals surface area contributed by atoms with Crippen LogP contribution in [0.1, 0.15) is 18.4 Å². The van der Waals surface area contributed by atoms with Gasteiger partial charge in [0.1, 0.15) is 5.69 Å².